The molecule has 1 aromatic carbocycles. The third-order valence-corrected chi connectivity index (χ3v) is 4.70. The summed E-state index contributed by atoms with van der Waals surface area (Å²) in [7, 11) is 0. The van der Waals surface area contributed by atoms with E-state index in [-0.39, 0.29) is 21.6 Å². The molecule has 2 aromatic rings. The second-order valence-electron chi connectivity index (χ2n) is 5.29. The topological polar surface area (TPSA) is 22.0 Å². The van der Waals surface area contributed by atoms with Gasteiger partial charge in [-0.3, -0.25) is 4.79 Å². The number of alkyl halides is 3. The number of benzene rings is 1. The van der Waals surface area contributed by atoms with Crippen molar-refractivity contribution >= 4 is 26.8 Å². The van der Waals surface area contributed by atoms with E-state index in [1.807, 2.05) is 0 Å². The van der Waals surface area contributed by atoms with Gasteiger partial charge >= 0.3 is 6.18 Å². The monoisotopic (exact) mass is 381 g/mol. The van der Waals surface area contributed by atoms with E-state index in [0.29, 0.717) is 18.9 Å². The molecular formula is C14H9BrF5NO. The van der Waals surface area contributed by atoms with E-state index < -0.39 is 34.3 Å². The second kappa shape index (κ2) is 4.78. The Balaban J connectivity index is 2.61. The van der Waals surface area contributed by atoms with Gasteiger partial charge < -0.3 is 4.57 Å². The fourth-order valence-corrected chi connectivity index (χ4v) is 2.97. The van der Waals surface area contributed by atoms with Crippen LogP contribution < -0.4 is 5.56 Å². The molecule has 0 atom stereocenters. The molecule has 118 valence electrons. The maximum atomic E-state index is 14.2. The number of rotatable bonds is 1. The maximum Gasteiger partial charge on any atom is 0.417 e. The lowest BCUT2D eigenvalue weighted by Gasteiger charge is -2.18. The second-order valence-corrected chi connectivity index (χ2v) is 6.08. The summed E-state index contributed by atoms with van der Waals surface area (Å²) >= 11 is 2.84. The minimum atomic E-state index is -4.95. The number of nitrogens with zero attached hydrogens (tertiary/aromatic N) is 1. The van der Waals surface area contributed by atoms with Gasteiger partial charge in [0.25, 0.3) is 5.56 Å². The number of halogens is 6. The highest BCUT2D eigenvalue weighted by molar-refractivity contribution is 9.10. The van der Waals surface area contributed by atoms with Gasteiger partial charge in [-0.25, -0.2) is 8.78 Å². The summed E-state index contributed by atoms with van der Waals surface area (Å²) in [6, 6.07) is 0.0732. The third kappa shape index (κ3) is 2.15. The van der Waals surface area contributed by atoms with Crippen molar-refractivity contribution in [2.75, 3.05) is 0 Å². The van der Waals surface area contributed by atoms with Crippen LogP contribution >= 0.6 is 15.9 Å². The molecule has 0 bridgehead atoms. The van der Waals surface area contributed by atoms with Crippen LogP contribution in [0.1, 0.15) is 30.0 Å². The van der Waals surface area contributed by atoms with Crippen LogP contribution in [0.4, 0.5) is 22.0 Å². The van der Waals surface area contributed by atoms with E-state index in [0.717, 1.165) is 4.57 Å². The molecule has 2 nitrogen and oxygen atoms in total. The van der Waals surface area contributed by atoms with E-state index in [1.54, 1.807) is 0 Å². The van der Waals surface area contributed by atoms with Crippen LogP contribution in [0.5, 0.6) is 0 Å². The van der Waals surface area contributed by atoms with Crippen LogP contribution in [0.2, 0.25) is 0 Å². The fraction of sp³-hybridized carbons (Fsp3) is 0.357. The first-order chi connectivity index (χ1) is 10.1. The normalized spacial score (nSPS) is 15.6. The van der Waals surface area contributed by atoms with E-state index in [1.165, 1.54) is 6.92 Å². The lowest BCUT2D eigenvalue weighted by atomic mass is 10.0. The van der Waals surface area contributed by atoms with Gasteiger partial charge in [-0.05, 0) is 41.3 Å². The smallest absolute Gasteiger partial charge is 0.305 e. The molecule has 3 rings (SSSR count). The molecule has 0 radical (unpaired) electrons. The molecule has 8 heteroatoms. The molecule has 0 saturated heterocycles. The van der Waals surface area contributed by atoms with Crippen molar-refractivity contribution in [2.24, 2.45) is 0 Å². The first-order valence-electron chi connectivity index (χ1n) is 6.44. The Hall–Kier alpha value is -1.44. The van der Waals surface area contributed by atoms with Crippen LogP contribution in [0.3, 0.4) is 0 Å². The molecule has 1 aromatic heterocycles. The van der Waals surface area contributed by atoms with Crippen LogP contribution in [-0.2, 0) is 6.18 Å². The summed E-state index contributed by atoms with van der Waals surface area (Å²) in [5.74, 6) is -2.99. The van der Waals surface area contributed by atoms with E-state index in [9.17, 15) is 26.7 Å². The molecule has 1 aliphatic carbocycles. The summed E-state index contributed by atoms with van der Waals surface area (Å²) in [6.45, 7) is 1.35. The van der Waals surface area contributed by atoms with Gasteiger partial charge in [0, 0.05) is 17.5 Å². The molecular weight excluding hydrogens is 373 g/mol. The molecule has 1 heterocycles. The Kier molecular flexibility index (Phi) is 3.36. The van der Waals surface area contributed by atoms with Crippen molar-refractivity contribution in [3.05, 3.63) is 43.7 Å². The minimum absolute atomic E-state index is 0.0731. The number of pyridine rings is 1. The summed E-state index contributed by atoms with van der Waals surface area (Å²) in [4.78, 5) is 12.1. The van der Waals surface area contributed by atoms with Gasteiger partial charge in [0.1, 0.15) is 0 Å². The lowest BCUT2D eigenvalue weighted by molar-refractivity contribution is -0.136. The summed E-state index contributed by atoms with van der Waals surface area (Å²) in [6.07, 6.45) is -3.71. The number of aromatic nitrogens is 1. The van der Waals surface area contributed by atoms with Gasteiger partial charge in [-0.15, -0.1) is 0 Å². The molecule has 0 unspecified atom stereocenters. The Morgan fingerprint density at radius 2 is 1.82 bits per heavy atom. The number of hydrogen-bond donors (Lipinski definition) is 0. The molecule has 1 aliphatic rings. The molecule has 0 N–H and O–H groups in total. The first kappa shape index (κ1) is 15.5. The molecule has 0 spiro atoms. The summed E-state index contributed by atoms with van der Waals surface area (Å²) in [5, 5.41) is -0.891. The Bertz CT molecular complexity index is 851. The van der Waals surface area contributed by atoms with Crippen molar-refractivity contribution in [3.8, 4) is 0 Å². The van der Waals surface area contributed by atoms with Crippen molar-refractivity contribution in [1.29, 1.82) is 0 Å². The maximum absolute atomic E-state index is 14.2. The first-order valence-corrected chi connectivity index (χ1v) is 7.23. The summed E-state index contributed by atoms with van der Waals surface area (Å²) < 4.78 is 68.4. The SMILES string of the molecule is Cc1c(Br)c(F)c(F)c2c(C(F)(F)F)cc(=O)n(C3CC3)c12. The quantitative estimate of drug-likeness (QED) is 0.518. The molecule has 0 aliphatic heterocycles. The van der Waals surface area contributed by atoms with Gasteiger partial charge in [0.2, 0.25) is 0 Å². The molecule has 1 saturated carbocycles. The Labute approximate surface area is 129 Å². The Morgan fingerprint density at radius 3 is 2.32 bits per heavy atom. The molecule has 0 amide bonds. The van der Waals surface area contributed by atoms with Crippen LogP contribution in [-0.4, -0.2) is 4.57 Å². The predicted octanol–water partition coefficient (Wildman–Crippen LogP) is 4.70. The van der Waals surface area contributed by atoms with Crippen molar-refractivity contribution in [1.82, 2.24) is 4.57 Å². The molecule has 1 fully saturated rings. The van der Waals surface area contributed by atoms with E-state index in [4.69, 9.17) is 0 Å². The van der Waals surface area contributed by atoms with Crippen molar-refractivity contribution in [3.63, 3.8) is 0 Å². The lowest BCUT2D eigenvalue weighted by Crippen LogP contribution is -2.24. The van der Waals surface area contributed by atoms with E-state index in [2.05, 4.69) is 15.9 Å². The zero-order chi connectivity index (χ0) is 16.4. The van der Waals surface area contributed by atoms with Crippen LogP contribution in [0.25, 0.3) is 10.9 Å². The Morgan fingerprint density at radius 1 is 1.23 bits per heavy atom. The van der Waals surface area contributed by atoms with Crippen molar-refractivity contribution < 1.29 is 22.0 Å². The zero-order valence-corrected chi connectivity index (χ0v) is 12.8. The highest BCUT2D eigenvalue weighted by atomic mass is 79.9. The predicted molar refractivity (Wildman–Crippen MR) is 73.8 cm³/mol. The third-order valence-electron chi connectivity index (χ3n) is 3.76. The minimum Gasteiger partial charge on any atom is -0.305 e. The number of aryl methyl sites for hydroxylation is 1. The van der Waals surface area contributed by atoms with Crippen LogP contribution in [0.15, 0.2) is 15.3 Å². The van der Waals surface area contributed by atoms with Crippen LogP contribution in [0, 0.1) is 18.6 Å². The van der Waals surface area contributed by atoms with Gasteiger partial charge in [-0.1, -0.05) is 0 Å². The average molecular weight is 382 g/mol. The van der Waals surface area contributed by atoms with E-state index >= 15 is 0 Å². The largest absolute Gasteiger partial charge is 0.417 e. The fourth-order valence-electron chi connectivity index (χ4n) is 2.61. The van der Waals surface area contributed by atoms with Crippen molar-refractivity contribution in [2.45, 2.75) is 32.0 Å². The standard InChI is InChI=1S/C14H9BrF5NO/c1-5-10(15)12(17)11(16)9-7(14(18,19)20)4-8(22)21(13(5)9)6-2-3-6/h4,6H,2-3H2,1H3. The highest BCUT2D eigenvalue weighted by Crippen LogP contribution is 2.43. The molecule has 22 heavy (non-hydrogen) atoms. The number of fused-ring (bicyclic) bond motifs is 1. The van der Waals surface area contributed by atoms with Gasteiger partial charge in [-0.2, -0.15) is 13.2 Å². The van der Waals surface area contributed by atoms with Gasteiger partial charge in [0.15, 0.2) is 11.6 Å². The number of hydrogen-bond acceptors (Lipinski definition) is 1. The zero-order valence-electron chi connectivity index (χ0n) is 11.2. The average Bonchev–Trinajstić information content (AvgIpc) is 3.24. The van der Waals surface area contributed by atoms with Gasteiger partial charge in [0.05, 0.1) is 15.6 Å². The summed E-state index contributed by atoms with van der Waals surface area (Å²) in [5.41, 5.74) is -2.43. The highest BCUT2D eigenvalue weighted by Gasteiger charge is 2.38.